The fraction of sp³-hybridized carbons (Fsp3) is 0.455. The maximum absolute atomic E-state index is 12.8. The van der Waals surface area contributed by atoms with Crippen LogP contribution in [-0.4, -0.2) is 26.8 Å². The second kappa shape index (κ2) is 6.51. The molecule has 0 amide bonds. The van der Waals surface area contributed by atoms with E-state index in [1.807, 2.05) is 6.07 Å². The molecule has 0 heterocycles. The summed E-state index contributed by atoms with van der Waals surface area (Å²) in [6.45, 7) is 2.40. The fourth-order valence-corrected chi connectivity index (χ4v) is 1.22. The monoisotopic (exact) mass is 197 g/mol. The van der Waals surface area contributed by atoms with Gasteiger partial charge >= 0.3 is 0 Å². The number of hydrogen-bond donors (Lipinski definition) is 1. The summed E-state index contributed by atoms with van der Waals surface area (Å²) >= 11 is 0. The van der Waals surface area contributed by atoms with Crippen LogP contribution in [0.3, 0.4) is 0 Å². The third-order valence-corrected chi connectivity index (χ3v) is 1.96. The van der Waals surface area contributed by atoms with E-state index >= 15 is 0 Å². The molecular formula is C11H16FNO. The van der Waals surface area contributed by atoms with Crippen LogP contribution in [-0.2, 0) is 11.2 Å². The van der Waals surface area contributed by atoms with Gasteiger partial charge in [-0.1, -0.05) is 12.1 Å². The van der Waals surface area contributed by atoms with Crippen LogP contribution in [0.5, 0.6) is 0 Å². The van der Waals surface area contributed by atoms with Crippen molar-refractivity contribution >= 4 is 0 Å². The van der Waals surface area contributed by atoms with Crippen LogP contribution in [0.1, 0.15) is 5.56 Å². The summed E-state index contributed by atoms with van der Waals surface area (Å²) in [7, 11) is 1.67. The van der Waals surface area contributed by atoms with Gasteiger partial charge in [0.25, 0.3) is 0 Å². The number of ether oxygens (including phenoxy) is 1. The molecule has 0 unspecified atom stereocenters. The van der Waals surface area contributed by atoms with Gasteiger partial charge in [0.2, 0.25) is 0 Å². The van der Waals surface area contributed by atoms with E-state index in [2.05, 4.69) is 5.32 Å². The molecule has 1 aromatic rings. The predicted molar refractivity (Wildman–Crippen MR) is 54.8 cm³/mol. The minimum absolute atomic E-state index is 0.167. The standard InChI is InChI=1S/C11H16FNO/c1-14-8-7-13-6-5-10-3-2-4-11(12)9-10/h2-4,9,13H,5-8H2,1H3. The van der Waals surface area contributed by atoms with Crippen molar-refractivity contribution in [3.8, 4) is 0 Å². The molecule has 14 heavy (non-hydrogen) atoms. The van der Waals surface area contributed by atoms with Crippen LogP contribution in [0.15, 0.2) is 24.3 Å². The summed E-state index contributed by atoms with van der Waals surface area (Å²) < 4.78 is 17.6. The maximum atomic E-state index is 12.8. The fourth-order valence-electron chi connectivity index (χ4n) is 1.22. The highest BCUT2D eigenvalue weighted by molar-refractivity contribution is 5.16. The molecule has 0 aliphatic carbocycles. The average Bonchev–Trinajstić information content (AvgIpc) is 2.18. The van der Waals surface area contributed by atoms with Crippen molar-refractivity contribution in [1.82, 2.24) is 5.32 Å². The Morgan fingerprint density at radius 3 is 2.93 bits per heavy atom. The highest BCUT2D eigenvalue weighted by Crippen LogP contribution is 2.03. The zero-order chi connectivity index (χ0) is 10.2. The Balaban J connectivity index is 2.18. The normalized spacial score (nSPS) is 10.4. The Kier molecular flexibility index (Phi) is 5.19. The maximum Gasteiger partial charge on any atom is 0.123 e. The molecule has 0 bridgehead atoms. The van der Waals surface area contributed by atoms with E-state index in [4.69, 9.17) is 4.74 Å². The number of nitrogens with one attached hydrogen (secondary N) is 1. The molecule has 0 aliphatic rings. The topological polar surface area (TPSA) is 21.3 Å². The van der Waals surface area contributed by atoms with Gasteiger partial charge in [0.15, 0.2) is 0 Å². The number of methoxy groups -OCH3 is 1. The minimum Gasteiger partial charge on any atom is -0.383 e. The van der Waals surface area contributed by atoms with Crippen LogP contribution in [0, 0.1) is 5.82 Å². The third-order valence-electron chi connectivity index (χ3n) is 1.96. The highest BCUT2D eigenvalue weighted by atomic mass is 19.1. The van der Waals surface area contributed by atoms with Crippen molar-refractivity contribution in [3.63, 3.8) is 0 Å². The molecule has 0 atom stereocenters. The van der Waals surface area contributed by atoms with Crippen molar-refractivity contribution in [3.05, 3.63) is 35.6 Å². The van der Waals surface area contributed by atoms with Gasteiger partial charge in [-0.15, -0.1) is 0 Å². The van der Waals surface area contributed by atoms with Crippen LogP contribution >= 0.6 is 0 Å². The van der Waals surface area contributed by atoms with Crippen LogP contribution in [0.4, 0.5) is 4.39 Å². The quantitative estimate of drug-likeness (QED) is 0.699. The van der Waals surface area contributed by atoms with E-state index in [-0.39, 0.29) is 5.82 Å². The molecule has 3 heteroatoms. The summed E-state index contributed by atoms with van der Waals surface area (Å²) in [6, 6.07) is 6.70. The molecule has 2 nitrogen and oxygen atoms in total. The van der Waals surface area contributed by atoms with E-state index in [1.165, 1.54) is 6.07 Å². The van der Waals surface area contributed by atoms with E-state index in [0.717, 1.165) is 25.1 Å². The van der Waals surface area contributed by atoms with Gasteiger partial charge < -0.3 is 10.1 Å². The second-order valence-corrected chi connectivity index (χ2v) is 3.12. The zero-order valence-corrected chi connectivity index (χ0v) is 8.42. The highest BCUT2D eigenvalue weighted by Gasteiger charge is 1.94. The van der Waals surface area contributed by atoms with Crippen molar-refractivity contribution in [2.45, 2.75) is 6.42 Å². The van der Waals surface area contributed by atoms with E-state index < -0.39 is 0 Å². The lowest BCUT2D eigenvalue weighted by molar-refractivity contribution is 0.199. The third kappa shape index (κ3) is 4.35. The first-order valence-corrected chi connectivity index (χ1v) is 4.77. The lowest BCUT2D eigenvalue weighted by Gasteiger charge is -2.03. The second-order valence-electron chi connectivity index (χ2n) is 3.12. The summed E-state index contributed by atoms with van der Waals surface area (Å²) in [4.78, 5) is 0. The summed E-state index contributed by atoms with van der Waals surface area (Å²) in [5.41, 5.74) is 1.02. The van der Waals surface area contributed by atoms with Crippen LogP contribution in [0.2, 0.25) is 0 Å². The van der Waals surface area contributed by atoms with E-state index in [1.54, 1.807) is 19.2 Å². The Hall–Kier alpha value is -0.930. The Morgan fingerprint density at radius 2 is 2.21 bits per heavy atom. The summed E-state index contributed by atoms with van der Waals surface area (Å²) in [5, 5.41) is 3.21. The van der Waals surface area contributed by atoms with Crippen molar-refractivity contribution in [2.75, 3.05) is 26.8 Å². The molecule has 0 spiro atoms. The Bertz CT molecular complexity index is 265. The largest absolute Gasteiger partial charge is 0.383 e. The summed E-state index contributed by atoms with van der Waals surface area (Å²) in [5.74, 6) is -0.167. The van der Waals surface area contributed by atoms with E-state index in [0.29, 0.717) is 6.61 Å². The van der Waals surface area contributed by atoms with Crippen LogP contribution in [0.25, 0.3) is 0 Å². The van der Waals surface area contributed by atoms with Gasteiger partial charge in [0.1, 0.15) is 5.82 Å². The summed E-state index contributed by atoms with van der Waals surface area (Å²) in [6.07, 6.45) is 0.849. The molecule has 1 aromatic carbocycles. The first-order chi connectivity index (χ1) is 6.83. The molecule has 0 aliphatic heterocycles. The predicted octanol–water partition coefficient (Wildman–Crippen LogP) is 1.60. The smallest absolute Gasteiger partial charge is 0.123 e. The van der Waals surface area contributed by atoms with Crippen molar-refractivity contribution < 1.29 is 9.13 Å². The molecule has 0 fully saturated rings. The molecule has 0 aromatic heterocycles. The van der Waals surface area contributed by atoms with Gasteiger partial charge in [0.05, 0.1) is 6.61 Å². The first-order valence-electron chi connectivity index (χ1n) is 4.77. The van der Waals surface area contributed by atoms with Gasteiger partial charge in [0, 0.05) is 13.7 Å². The van der Waals surface area contributed by atoms with Gasteiger partial charge in [-0.2, -0.15) is 0 Å². The lowest BCUT2D eigenvalue weighted by atomic mass is 10.1. The molecule has 0 saturated heterocycles. The lowest BCUT2D eigenvalue weighted by Crippen LogP contribution is -2.21. The van der Waals surface area contributed by atoms with E-state index in [9.17, 15) is 4.39 Å². The molecular weight excluding hydrogens is 181 g/mol. The zero-order valence-electron chi connectivity index (χ0n) is 8.42. The van der Waals surface area contributed by atoms with Gasteiger partial charge in [-0.3, -0.25) is 0 Å². The Morgan fingerprint density at radius 1 is 1.36 bits per heavy atom. The van der Waals surface area contributed by atoms with Crippen molar-refractivity contribution in [2.24, 2.45) is 0 Å². The number of hydrogen-bond acceptors (Lipinski definition) is 2. The molecule has 78 valence electrons. The van der Waals surface area contributed by atoms with Crippen LogP contribution < -0.4 is 5.32 Å². The number of benzene rings is 1. The molecule has 0 saturated carbocycles. The minimum atomic E-state index is -0.167. The average molecular weight is 197 g/mol. The van der Waals surface area contributed by atoms with Gasteiger partial charge in [-0.25, -0.2) is 4.39 Å². The number of rotatable bonds is 6. The Labute approximate surface area is 84.1 Å². The first kappa shape index (κ1) is 11.1. The number of halogens is 1. The van der Waals surface area contributed by atoms with Gasteiger partial charge in [-0.05, 0) is 30.7 Å². The molecule has 0 radical (unpaired) electrons. The molecule has 1 rings (SSSR count). The SMILES string of the molecule is COCCNCCc1cccc(F)c1. The molecule has 1 N–H and O–H groups in total. The van der Waals surface area contributed by atoms with Crippen molar-refractivity contribution in [1.29, 1.82) is 0 Å².